The van der Waals surface area contributed by atoms with Gasteiger partial charge in [-0.15, -0.1) is 0 Å². The maximum absolute atomic E-state index is 14.0. The lowest BCUT2D eigenvalue weighted by Gasteiger charge is -2.46. The Morgan fingerprint density at radius 1 is 1.07 bits per heavy atom. The zero-order chi connectivity index (χ0) is 32.4. The number of nitrogens with zero attached hydrogens (tertiary/aromatic N) is 4. The lowest BCUT2D eigenvalue weighted by atomic mass is 9.80. The molecule has 13 heteroatoms. The Morgan fingerprint density at radius 2 is 1.76 bits per heavy atom. The first-order valence-electron chi connectivity index (χ1n) is 14.9. The zero-order valence-electron chi connectivity index (χ0n) is 25.8. The van der Waals surface area contributed by atoms with Crippen molar-refractivity contribution in [2.24, 2.45) is 5.73 Å². The van der Waals surface area contributed by atoms with Crippen LogP contribution < -0.4 is 25.0 Å². The van der Waals surface area contributed by atoms with Gasteiger partial charge in [0.1, 0.15) is 23.0 Å². The number of ether oxygens (including phenoxy) is 4. The van der Waals surface area contributed by atoms with Crippen molar-refractivity contribution in [1.82, 2.24) is 9.97 Å². The molecule has 3 aromatic rings. The van der Waals surface area contributed by atoms with Gasteiger partial charge in [0.2, 0.25) is 0 Å². The van der Waals surface area contributed by atoms with E-state index in [4.69, 9.17) is 34.6 Å². The van der Waals surface area contributed by atoms with Gasteiger partial charge >= 0.3 is 12.3 Å². The van der Waals surface area contributed by atoms with Gasteiger partial charge in [-0.3, -0.25) is 4.90 Å². The third kappa shape index (κ3) is 6.64. The second kappa shape index (κ2) is 13.1. The second-order valence-electron chi connectivity index (χ2n) is 11.1. The molecule has 2 aliphatic heterocycles. The predicted molar refractivity (Wildman–Crippen MR) is 162 cm³/mol. The summed E-state index contributed by atoms with van der Waals surface area (Å²) in [5.74, 6) is 0.796. The van der Waals surface area contributed by atoms with Crippen LogP contribution in [-0.4, -0.2) is 68.9 Å². The number of amides is 1. The molecule has 1 saturated heterocycles. The third-order valence-corrected chi connectivity index (χ3v) is 8.35. The summed E-state index contributed by atoms with van der Waals surface area (Å²) in [5, 5.41) is 0. The summed E-state index contributed by atoms with van der Waals surface area (Å²) in [6.07, 6.45) is -2.85. The van der Waals surface area contributed by atoms with Crippen LogP contribution in [0, 0.1) is 0 Å². The molecular weight excluding hydrogens is 591 g/mol. The van der Waals surface area contributed by atoms with Crippen molar-refractivity contribution in [3.63, 3.8) is 0 Å². The van der Waals surface area contributed by atoms with E-state index in [2.05, 4.69) is 4.90 Å². The minimum atomic E-state index is -4.60. The molecule has 0 bridgehead atoms. The molecule has 2 aliphatic rings. The first kappa shape index (κ1) is 32.3. The number of hydrogen-bond acceptors (Lipinski definition) is 9. The number of anilines is 2. The summed E-state index contributed by atoms with van der Waals surface area (Å²) in [7, 11) is 3.14. The van der Waals surface area contributed by atoms with Crippen LogP contribution >= 0.6 is 0 Å². The van der Waals surface area contributed by atoms with Crippen LogP contribution in [0.1, 0.15) is 60.8 Å². The second-order valence-corrected chi connectivity index (χ2v) is 11.1. The Labute approximate surface area is 260 Å². The van der Waals surface area contributed by atoms with E-state index in [0.717, 1.165) is 23.4 Å². The van der Waals surface area contributed by atoms with Crippen LogP contribution in [0.4, 0.5) is 29.3 Å². The minimum Gasteiger partial charge on any atom is -0.497 e. The fourth-order valence-electron chi connectivity index (χ4n) is 5.96. The lowest BCUT2D eigenvalue weighted by molar-refractivity contribution is -0.137. The van der Waals surface area contributed by atoms with Crippen molar-refractivity contribution in [2.45, 2.75) is 50.9 Å². The molecule has 5 rings (SSSR count). The van der Waals surface area contributed by atoms with E-state index in [9.17, 15) is 18.0 Å². The topological polar surface area (TPSA) is 112 Å². The van der Waals surface area contributed by atoms with Crippen molar-refractivity contribution >= 4 is 17.5 Å². The highest BCUT2D eigenvalue weighted by Crippen LogP contribution is 2.47. The molecule has 0 radical (unpaired) electrons. The maximum Gasteiger partial charge on any atom is 0.416 e. The standard InChI is InChI=1S/C32H38F3N5O5/c1-5-31(36)18-25(24-16-21(32(33,34)35)7-8-27(24)40(31)30(41)45-6-2)29-37-19-28(39-9-11-44-12-10-39)26(38-29)15-20-13-22(42-3)17-23(14-20)43-4/h7-8,13-14,16-17,19,25H,5-6,9-12,15,18,36H2,1-4H3/t25-,31+/m0/s1. The number of halogens is 3. The molecule has 2 N–H and O–H groups in total. The Morgan fingerprint density at radius 3 is 2.36 bits per heavy atom. The van der Waals surface area contributed by atoms with Crippen molar-refractivity contribution in [3.8, 4) is 11.5 Å². The number of carbonyl (C=O) groups is 1. The van der Waals surface area contributed by atoms with E-state index in [1.807, 2.05) is 19.1 Å². The van der Waals surface area contributed by atoms with Gasteiger partial charge in [0.25, 0.3) is 0 Å². The molecule has 1 fully saturated rings. The Hall–Kier alpha value is -4.10. The Kier molecular flexibility index (Phi) is 9.40. The largest absolute Gasteiger partial charge is 0.497 e. The van der Waals surface area contributed by atoms with Gasteiger partial charge < -0.3 is 29.6 Å². The van der Waals surface area contributed by atoms with E-state index in [-0.39, 0.29) is 24.3 Å². The molecule has 0 spiro atoms. The minimum absolute atomic E-state index is 0.0824. The molecular formula is C32H38F3N5O5. The summed E-state index contributed by atoms with van der Waals surface area (Å²) in [6, 6.07) is 8.84. The zero-order valence-corrected chi connectivity index (χ0v) is 25.8. The molecule has 0 saturated carbocycles. The summed E-state index contributed by atoms with van der Waals surface area (Å²) in [5.41, 5.74) is 7.59. The molecule has 2 atom stereocenters. The average Bonchev–Trinajstić information content (AvgIpc) is 3.04. The van der Waals surface area contributed by atoms with Crippen molar-refractivity contribution in [1.29, 1.82) is 0 Å². The third-order valence-electron chi connectivity index (χ3n) is 8.35. The lowest BCUT2D eigenvalue weighted by Crippen LogP contribution is -2.61. The number of carbonyl (C=O) groups excluding carboxylic acids is 1. The highest BCUT2D eigenvalue weighted by molar-refractivity contribution is 5.91. The number of nitrogens with two attached hydrogens (primary N) is 1. The number of methoxy groups -OCH3 is 2. The summed E-state index contributed by atoms with van der Waals surface area (Å²) < 4.78 is 63.7. The van der Waals surface area contributed by atoms with Gasteiger partial charge in [0, 0.05) is 31.5 Å². The fourth-order valence-corrected chi connectivity index (χ4v) is 5.96. The van der Waals surface area contributed by atoms with Crippen LogP contribution in [0.5, 0.6) is 11.5 Å². The maximum atomic E-state index is 14.0. The van der Waals surface area contributed by atoms with Gasteiger partial charge in [-0.1, -0.05) is 6.92 Å². The van der Waals surface area contributed by atoms with Crippen molar-refractivity contribution in [3.05, 3.63) is 70.8 Å². The molecule has 45 heavy (non-hydrogen) atoms. The van der Waals surface area contributed by atoms with E-state index in [1.165, 1.54) is 11.0 Å². The van der Waals surface area contributed by atoms with E-state index in [0.29, 0.717) is 62.2 Å². The number of fused-ring (bicyclic) bond motifs is 1. The molecule has 10 nitrogen and oxygen atoms in total. The molecule has 1 amide bonds. The summed E-state index contributed by atoms with van der Waals surface area (Å²) in [6.45, 7) is 5.91. The SMILES string of the molecule is CCOC(=O)N1c2ccc(C(F)(F)F)cc2[C@@H](c2ncc(N3CCOCC3)c(Cc3cc(OC)cc(OC)c3)n2)C[C@@]1(N)CC. The molecule has 2 aromatic carbocycles. The van der Waals surface area contributed by atoms with Gasteiger partial charge in [-0.2, -0.15) is 13.2 Å². The summed E-state index contributed by atoms with van der Waals surface area (Å²) in [4.78, 5) is 26.3. The molecule has 1 aromatic heterocycles. The fraction of sp³-hybridized carbons (Fsp3) is 0.469. The Bertz CT molecular complexity index is 1510. The first-order valence-corrected chi connectivity index (χ1v) is 14.9. The van der Waals surface area contributed by atoms with Crippen LogP contribution in [-0.2, 0) is 22.1 Å². The van der Waals surface area contributed by atoms with Crippen LogP contribution in [0.25, 0.3) is 0 Å². The number of morpholine rings is 1. The van der Waals surface area contributed by atoms with Crippen LogP contribution in [0.2, 0.25) is 0 Å². The summed E-state index contributed by atoms with van der Waals surface area (Å²) >= 11 is 0. The predicted octanol–water partition coefficient (Wildman–Crippen LogP) is 5.50. The number of aromatic nitrogens is 2. The average molecular weight is 630 g/mol. The first-order chi connectivity index (χ1) is 21.5. The highest BCUT2D eigenvalue weighted by Gasteiger charge is 2.47. The van der Waals surface area contributed by atoms with Gasteiger partial charge in [0.15, 0.2) is 0 Å². The number of rotatable bonds is 8. The number of alkyl halides is 3. The van der Waals surface area contributed by atoms with Crippen LogP contribution in [0.3, 0.4) is 0 Å². The normalized spacial score (nSPS) is 20.0. The monoisotopic (exact) mass is 629 g/mol. The molecule has 0 unspecified atom stereocenters. The smallest absolute Gasteiger partial charge is 0.416 e. The van der Waals surface area contributed by atoms with Gasteiger partial charge in [0.05, 0.1) is 62.9 Å². The highest BCUT2D eigenvalue weighted by atomic mass is 19.4. The van der Waals surface area contributed by atoms with Crippen molar-refractivity contribution < 1.29 is 36.9 Å². The van der Waals surface area contributed by atoms with Crippen LogP contribution in [0.15, 0.2) is 42.6 Å². The van der Waals surface area contributed by atoms with Gasteiger partial charge in [-0.05, 0) is 61.2 Å². The van der Waals surface area contributed by atoms with E-state index in [1.54, 1.807) is 33.4 Å². The Balaban J connectivity index is 1.67. The quantitative estimate of drug-likeness (QED) is 0.345. The van der Waals surface area contributed by atoms with E-state index >= 15 is 0 Å². The van der Waals surface area contributed by atoms with Gasteiger partial charge in [-0.25, -0.2) is 14.8 Å². The number of benzene rings is 2. The van der Waals surface area contributed by atoms with Crippen molar-refractivity contribution in [2.75, 3.05) is 56.9 Å². The molecule has 0 aliphatic carbocycles. The molecule has 3 heterocycles. The van der Waals surface area contributed by atoms with E-state index < -0.39 is 29.4 Å². The number of hydrogen-bond donors (Lipinski definition) is 1. The molecule has 242 valence electrons.